The number of ketones is 2. The Labute approximate surface area is 238 Å². The second-order valence-corrected chi connectivity index (χ2v) is 13.3. The molecule has 214 valence electrons. The number of fused-ring (bicyclic) bond motifs is 4. The average Bonchev–Trinajstić information content (AvgIpc) is 3.32. The largest absolute Gasteiger partial charge is 0.481 e. The molecule has 0 amide bonds. The Morgan fingerprint density at radius 3 is 2.23 bits per heavy atom. The van der Waals surface area contributed by atoms with Gasteiger partial charge in [-0.05, 0) is 69.8 Å². The number of aliphatic carboxylic acids is 1. The van der Waals surface area contributed by atoms with Gasteiger partial charge in [0.2, 0.25) is 0 Å². The van der Waals surface area contributed by atoms with Gasteiger partial charge in [0.15, 0.2) is 11.6 Å². The molecule has 0 radical (unpaired) electrons. The quantitative estimate of drug-likeness (QED) is 0.253. The van der Waals surface area contributed by atoms with Crippen LogP contribution in [0.2, 0.25) is 0 Å². The van der Waals surface area contributed by atoms with Crippen molar-refractivity contribution in [3.8, 4) is 0 Å². The third-order valence-corrected chi connectivity index (χ3v) is 9.66. The Morgan fingerprint density at radius 2 is 1.68 bits per heavy atom. The van der Waals surface area contributed by atoms with Crippen molar-refractivity contribution in [1.29, 1.82) is 0 Å². The number of furan rings is 1. The molecular weight excluding hydrogens is 500 g/mol. The molecule has 0 saturated heterocycles. The Bertz CT molecular complexity index is 1360. The number of Topliss-reactive ketones (excluding diaryl/α,β-unsaturated/α-hetero) is 2. The standard InChI is InChI=1S/C35H44O5/c1-21(2)14-15-25-19-34(17-16-22(3)4)30(38)29-26(23(5)6)20-40-31(29)35(32(34)39,33(25,7)8)27(18-28(36)37)24-12-10-9-11-13-24/h9-14,16,20,23,25,27H,15,17-19H2,1-8H3,(H,36,37)/t25-,27+,34-,35+/m0/s1. The maximum absolute atomic E-state index is 15.4. The van der Waals surface area contributed by atoms with Crippen molar-refractivity contribution in [2.75, 3.05) is 0 Å². The van der Waals surface area contributed by atoms with Gasteiger partial charge < -0.3 is 9.52 Å². The zero-order chi connectivity index (χ0) is 29.6. The maximum Gasteiger partial charge on any atom is 0.304 e. The lowest BCUT2D eigenvalue weighted by atomic mass is 9.37. The van der Waals surface area contributed by atoms with Crippen LogP contribution in [0.15, 0.2) is 64.3 Å². The first-order valence-corrected chi connectivity index (χ1v) is 14.5. The molecule has 40 heavy (non-hydrogen) atoms. The van der Waals surface area contributed by atoms with E-state index in [-0.39, 0.29) is 29.8 Å². The molecular formula is C35H44O5. The van der Waals surface area contributed by atoms with Gasteiger partial charge in [-0.1, -0.05) is 81.3 Å². The number of benzene rings is 1. The number of allylic oxidation sites excluding steroid dienone is 4. The summed E-state index contributed by atoms with van der Waals surface area (Å²) in [5, 5.41) is 10.3. The molecule has 0 aliphatic heterocycles. The molecule has 4 rings (SSSR count). The molecule has 1 fully saturated rings. The molecule has 2 bridgehead atoms. The number of hydrogen-bond acceptors (Lipinski definition) is 4. The molecule has 1 heterocycles. The van der Waals surface area contributed by atoms with Crippen LogP contribution in [0.4, 0.5) is 0 Å². The Hall–Kier alpha value is -3.21. The molecule has 0 unspecified atom stereocenters. The zero-order valence-electron chi connectivity index (χ0n) is 25.3. The van der Waals surface area contributed by atoms with E-state index in [9.17, 15) is 14.7 Å². The van der Waals surface area contributed by atoms with Gasteiger partial charge in [-0.2, -0.15) is 0 Å². The predicted octanol–water partition coefficient (Wildman–Crippen LogP) is 8.41. The van der Waals surface area contributed by atoms with Crippen molar-refractivity contribution in [3.63, 3.8) is 0 Å². The van der Waals surface area contributed by atoms with Gasteiger partial charge in [-0.3, -0.25) is 14.4 Å². The Kier molecular flexibility index (Phi) is 7.92. The molecule has 4 atom stereocenters. The molecule has 5 heteroatoms. The minimum Gasteiger partial charge on any atom is -0.481 e. The molecule has 1 N–H and O–H groups in total. The number of rotatable bonds is 9. The summed E-state index contributed by atoms with van der Waals surface area (Å²) in [5.74, 6) is -1.75. The van der Waals surface area contributed by atoms with E-state index in [1.807, 2.05) is 64.1 Å². The number of hydrogen-bond donors (Lipinski definition) is 1. The maximum atomic E-state index is 15.4. The minimum atomic E-state index is -1.35. The average molecular weight is 545 g/mol. The second-order valence-electron chi connectivity index (χ2n) is 13.3. The number of carboxylic acids is 1. The van der Waals surface area contributed by atoms with Crippen molar-refractivity contribution in [2.24, 2.45) is 16.7 Å². The molecule has 0 spiro atoms. The smallest absolute Gasteiger partial charge is 0.304 e. The second kappa shape index (κ2) is 10.6. The fraction of sp³-hybridized carbons (Fsp3) is 0.514. The van der Waals surface area contributed by atoms with Crippen molar-refractivity contribution in [1.82, 2.24) is 0 Å². The third-order valence-electron chi connectivity index (χ3n) is 9.66. The summed E-state index contributed by atoms with van der Waals surface area (Å²) in [6, 6.07) is 9.48. The number of carboxylic acid groups (broad SMARTS) is 1. The van der Waals surface area contributed by atoms with E-state index >= 15 is 4.79 Å². The lowest BCUT2D eigenvalue weighted by molar-refractivity contribution is -0.155. The first kappa shape index (κ1) is 29.8. The van der Waals surface area contributed by atoms with Gasteiger partial charge in [0.1, 0.15) is 11.2 Å². The van der Waals surface area contributed by atoms with Crippen LogP contribution >= 0.6 is 0 Å². The molecule has 1 aromatic heterocycles. The molecule has 5 nitrogen and oxygen atoms in total. The van der Waals surface area contributed by atoms with Crippen molar-refractivity contribution >= 4 is 17.5 Å². The lowest BCUT2D eigenvalue weighted by Gasteiger charge is -2.62. The van der Waals surface area contributed by atoms with Crippen LogP contribution in [0, 0.1) is 16.7 Å². The predicted molar refractivity (Wildman–Crippen MR) is 158 cm³/mol. The van der Waals surface area contributed by atoms with Gasteiger partial charge in [0.05, 0.1) is 23.7 Å². The van der Waals surface area contributed by atoms with Crippen molar-refractivity contribution in [2.45, 2.75) is 98.3 Å². The topological polar surface area (TPSA) is 84.6 Å². The lowest BCUT2D eigenvalue weighted by Crippen LogP contribution is -2.69. The summed E-state index contributed by atoms with van der Waals surface area (Å²) in [5.41, 5.74) is 0.905. The minimum absolute atomic E-state index is 0.00200. The van der Waals surface area contributed by atoms with E-state index < -0.39 is 28.1 Å². The zero-order valence-corrected chi connectivity index (χ0v) is 25.3. The van der Waals surface area contributed by atoms with E-state index in [0.717, 1.165) is 16.7 Å². The summed E-state index contributed by atoms with van der Waals surface area (Å²) in [4.78, 5) is 42.7. The molecule has 2 aliphatic carbocycles. The third kappa shape index (κ3) is 4.42. The number of carbonyl (C=O) groups excluding carboxylic acids is 2. The van der Waals surface area contributed by atoms with E-state index in [2.05, 4.69) is 33.8 Å². The molecule has 1 saturated carbocycles. The monoisotopic (exact) mass is 544 g/mol. The summed E-state index contributed by atoms with van der Waals surface area (Å²) in [6.45, 7) is 16.3. The Morgan fingerprint density at radius 1 is 1.05 bits per heavy atom. The fourth-order valence-corrected chi connectivity index (χ4v) is 7.46. The number of carbonyl (C=O) groups is 3. The van der Waals surface area contributed by atoms with Crippen molar-refractivity contribution in [3.05, 3.63) is 82.3 Å². The van der Waals surface area contributed by atoms with E-state index in [4.69, 9.17) is 4.42 Å². The van der Waals surface area contributed by atoms with Crippen LogP contribution in [-0.4, -0.2) is 22.6 Å². The van der Waals surface area contributed by atoms with E-state index in [1.54, 1.807) is 6.26 Å². The van der Waals surface area contributed by atoms with Gasteiger partial charge >= 0.3 is 5.97 Å². The first-order valence-electron chi connectivity index (χ1n) is 14.5. The SMILES string of the molecule is CC(C)=CC[C@H]1C[C@@]2(CC=C(C)C)C(=O)c3c(C(C)C)coc3[C@]([C@H](CC(=O)O)c3ccccc3)(C2=O)C1(C)C. The highest BCUT2D eigenvalue weighted by molar-refractivity contribution is 6.23. The summed E-state index contributed by atoms with van der Waals surface area (Å²) >= 11 is 0. The van der Waals surface area contributed by atoms with Crippen molar-refractivity contribution < 1.29 is 23.9 Å². The highest BCUT2D eigenvalue weighted by Gasteiger charge is 2.74. The summed E-state index contributed by atoms with van der Waals surface area (Å²) in [6.07, 6.45) is 6.99. The van der Waals surface area contributed by atoms with Gasteiger partial charge in [-0.25, -0.2) is 0 Å². The van der Waals surface area contributed by atoms with Gasteiger partial charge in [0.25, 0.3) is 0 Å². The van der Waals surface area contributed by atoms with Crippen LogP contribution in [0.1, 0.15) is 120 Å². The first-order chi connectivity index (χ1) is 18.7. The highest BCUT2D eigenvalue weighted by atomic mass is 16.4. The van der Waals surface area contributed by atoms with Crippen LogP contribution in [-0.2, 0) is 15.0 Å². The summed E-state index contributed by atoms with van der Waals surface area (Å²) in [7, 11) is 0. The summed E-state index contributed by atoms with van der Waals surface area (Å²) < 4.78 is 6.38. The van der Waals surface area contributed by atoms with Gasteiger partial charge in [-0.15, -0.1) is 0 Å². The van der Waals surface area contributed by atoms with Crippen LogP contribution in [0.5, 0.6) is 0 Å². The normalized spacial score (nSPS) is 25.8. The fourth-order valence-electron chi connectivity index (χ4n) is 7.46. The molecule has 1 aromatic carbocycles. The highest BCUT2D eigenvalue weighted by Crippen LogP contribution is 2.69. The van der Waals surface area contributed by atoms with E-state index in [1.165, 1.54) is 5.57 Å². The van der Waals surface area contributed by atoms with Crippen LogP contribution < -0.4 is 0 Å². The van der Waals surface area contributed by atoms with Crippen LogP contribution in [0.3, 0.4) is 0 Å². The molecule has 2 aromatic rings. The van der Waals surface area contributed by atoms with Crippen LogP contribution in [0.25, 0.3) is 0 Å². The Balaban J connectivity index is 2.19. The van der Waals surface area contributed by atoms with E-state index in [0.29, 0.717) is 30.6 Å². The van der Waals surface area contributed by atoms with Gasteiger partial charge in [0, 0.05) is 11.5 Å². The molecule has 2 aliphatic rings.